The lowest BCUT2D eigenvalue weighted by atomic mass is 10.1. The molecule has 0 saturated heterocycles. The van der Waals surface area contributed by atoms with Gasteiger partial charge in [-0.3, -0.25) is 9.59 Å². The Hall–Kier alpha value is -3.63. The van der Waals surface area contributed by atoms with Crippen molar-refractivity contribution in [3.8, 4) is 11.5 Å². The molecule has 0 fully saturated rings. The maximum Gasteiger partial charge on any atom is 0.321 e. The Morgan fingerprint density at radius 2 is 1.70 bits per heavy atom. The molecule has 0 unspecified atom stereocenters. The molecule has 2 N–H and O–H groups in total. The number of nitrogens with one attached hydrogen (secondary N) is 2. The average Bonchev–Trinajstić information content (AvgIpc) is 2.82. The van der Waals surface area contributed by atoms with Gasteiger partial charge in [-0.2, -0.15) is 4.72 Å². The van der Waals surface area contributed by atoms with Gasteiger partial charge in [0.15, 0.2) is 17.6 Å². The Morgan fingerprint density at radius 1 is 0.970 bits per heavy atom. The van der Waals surface area contributed by atoms with Crippen molar-refractivity contribution in [1.29, 1.82) is 0 Å². The van der Waals surface area contributed by atoms with Crippen molar-refractivity contribution in [2.45, 2.75) is 17.9 Å². The van der Waals surface area contributed by atoms with Crippen LogP contribution in [0, 0.1) is 0 Å². The molecule has 0 aromatic heterocycles. The van der Waals surface area contributed by atoms with E-state index in [4.69, 9.17) is 14.2 Å². The molecule has 0 bridgehead atoms. The van der Waals surface area contributed by atoms with E-state index in [0.717, 1.165) is 10.8 Å². The molecule has 33 heavy (non-hydrogen) atoms. The third-order valence-corrected chi connectivity index (χ3v) is 6.32. The monoisotopic (exact) mass is 470 g/mol. The Balaban J connectivity index is 1.31. The van der Waals surface area contributed by atoms with E-state index in [0.29, 0.717) is 30.4 Å². The Labute approximate surface area is 190 Å². The highest BCUT2D eigenvalue weighted by Crippen LogP contribution is 2.32. The Morgan fingerprint density at radius 3 is 2.48 bits per heavy atom. The fourth-order valence-electron chi connectivity index (χ4n) is 3.23. The zero-order chi connectivity index (χ0) is 23.4. The highest BCUT2D eigenvalue weighted by atomic mass is 32.2. The zero-order valence-electron chi connectivity index (χ0n) is 17.7. The van der Waals surface area contributed by atoms with Crippen LogP contribution >= 0.6 is 0 Å². The summed E-state index contributed by atoms with van der Waals surface area (Å²) in [6.45, 7) is 1.64. The highest BCUT2D eigenvalue weighted by Gasteiger charge is 2.21. The summed E-state index contributed by atoms with van der Waals surface area (Å²) in [5.41, 5.74) is 0.448. The number of amides is 1. The van der Waals surface area contributed by atoms with Gasteiger partial charge in [-0.1, -0.05) is 30.3 Å². The Kier molecular flexibility index (Phi) is 6.47. The predicted octanol–water partition coefficient (Wildman–Crippen LogP) is 2.46. The largest absolute Gasteiger partial charge is 0.486 e. The van der Waals surface area contributed by atoms with Crippen molar-refractivity contribution in [2.75, 3.05) is 25.1 Å². The molecule has 1 aliphatic heterocycles. The number of fused-ring (bicyclic) bond motifs is 2. The molecule has 1 aliphatic rings. The van der Waals surface area contributed by atoms with Crippen LogP contribution in [-0.4, -0.2) is 46.2 Å². The first kappa shape index (κ1) is 22.6. The van der Waals surface area contributed by atoms with Crippen LogP contribution < -0.4 is 19.5 Å². The van der Waals surface area contributed by atoms with E-state index >= 15 is 0 Å². The van der Waals surface area contributed by atoms with Crippen LogP contribution in [-0.2, 0) is 24.3 Å². The van der Waals surface area contributed by atoms with E-state index in [9.17, 15) is 18.0 Å². The van der Waals surface area contributed by atoms with Crippen LogP contribution in [0.2, 0.25) is 0 Å². The number of sulfonamides is 1. The molecule has 1 heterocycles. The minimum Gasteiger partial charge on any atom is -0.486 e. The van der Waals surface area contributed by atoms with Crippen molar-refractivity contribution in [2.24, 2.45) is 0 Å². The summed E-state index contributed by atoms with van der Waals surface area (Å²) in [7, 11) is -3.94. The lowest BCUT2D eigenvalue weighted by Crippen LogP contribution is -2.35. The number of carbonyl (C=O) groups is 2. The van der Waals surface area contributed by atoms with Gasteiger partial charge in [0.2, 0.25) is 10.0 Å². The number of hydrogen-bond acceptors (Lipinski definition) is 7. The van der Waals surface area contributed by atoms with Crippen LogP contribution in [0.15, 0.2) is 65.6 Å². The first-order valence-electron chi connectivity index (χ1n) is 10.2. The summed E-state index contributed by atoms with van der Waals surface area (Å²) < 4.78 is 43.2. The summed E-state index contributed by atoms with van der Waals surface area (Å²) in [6.07, 6.45) is -1.14. The predicted molar refractivity (Wildman–Crippen MR) is 121 cm³/mol. The molecule has 3 aromatic carbocycles. The molecule has 9 nitrogen and oxygen atoms in total. The standard InChI is InChI=1S/C23H22N2O7S/c1-15(23(27)25-18-7-9-20-21(13-18)31-11-10-30-20)32-22(26)14-24-33(28,29)19-8-6-16-4-2-3-5-17(16)12-19/h2-9,12-13,15,24H,10-11,14H2,1H3,(H,25,27)/t15-/m0/s1. The third-order valence-electron chi connectivity index (χ3n) is 4.92. The van der Waals surface area contributed by atoms with Crippen LogP contribution in [0.1, 0.15) is 6.92 Å². The van der Waals surface area contributed by atoms with Gasteiger partial charge in [0.1, 0.15) is 19.8 Å². The number of esters is 1. The number of carbonyl (C=O) groups excluding carboxylic acids is 2. The van der Waals surface area contributed by atoms with Crippen LogP contribution in [0.25, 0.3) is 10.8 Å². The van der Waals surface area contributed by atoms with Crippen molar-refractivity contribution in [3.05, 3.63) is 60.7 Å². The molecule has 0 spiro atoms. The SMILES string of the molecule is C[C@H](OC(=O)CNS(=O)(=O)c1ccc2ccccc2c1)C(=O)Nc1ccc2c(c1)OCCO2. The molecule has 1 atom stereocenters. The number of ether oxygens (including phenoxy) is 3. The van der Waals surface area contributed by atoms with Crippen molar-refractivity contribution < 1.29 is 32.2 Å². The second-order valence-corrected chi connectivity index (χ2v) is 9.08. The molecule has 10 heteroatoms. The van der Waals surface area contributed by atoms with Gasteiger partial charge in [-0.05, 0) is 42.0 Å². The van der Waals surface area contributed by atoms with Gasteiger partial charge in [0, 0.05) is 11.8 Å². The van der Waals surface area contributed by atoms with Crippen LogP contribution in [0.3, 0.4) is 0 Å². The van der Waals surface area contributed by atoms with E-state index in [1.807, 2.05) is 12.1 Å². The van der Waals surface area contributed by atoms with Gasteiger partial charge in [0.05, 0.1) is 4.90 Å². The van der Waals surface area contributed by atoms with E-state index in [1.165, 1.54) is 19.1 Å². The second kappa shape index (κ2) is 9.47. The summed E-state index contributed by atoms with van der Waals surface area (Å²) in [5, 5.41) is 4.28. The summed E-state index contributed by atoms with van der Waals surface area (Å²) >= 11 is 0. The van der Waals surface area contributed by atoms with Crippen LogP contribution in [0.4, 0.5) is 5.69 Å². The Bertz CT molecular complexity index is 1310. The van der Waals surface area contributed by atoms with Crippen molar-refractivity contribution in [1.82, 2.24) is 4.72 Å². The molecule has 4 rings (SSSR count). The molecule has 1 amide bonds. The maximum atomic E-state index is 12.5. The fourth-order valence-corrected chi connectivity index (χ4v) is 4.23. The third kappa shape index (κ3) is 5.41. The van der Waals surface area contributed by atoms with E-state index in [2.05, 4.69) is 10.0 Å². The minimum atomic E-state index is -3.94. The molecule has 3 aromatic rings. The van der Waals surface area contributed by atoms with Gasteiger partial charge >= 0.3 is 5.97 Å². The van der Waals surface area contributed by atoms with Gasteiger partial charge in [-0.25, -0.2) is 8.42 Å². The van der Waals surface area contributed by atoms with Crippen molar-refractivity contribution >= 4 is 38.4 Å². The summed E-state index contributed by atoms with van der Waals surface area (Å²) in [6, 6.07) is 16.9. The van der Waals surface area contributed by atoms with Gasteiger partial charge < -0.3 is 19.5 Å². The van der Waals surface area contributed by atoms with Crippen molar-refractivity contribution in [3.63, 3.8) is 0 Å². The molecule has 172 valence electrons. The van der Waals surface area contributed by atoms with Gasteiger partial charge in [-0.15, -0.1) is 0 Å². The average molecular weight is 471 g/mol. The summed E-state index contributed by atoms with van der Waals surface area (Å²) in [5.74, 6) is -0.370. The van der Waals surface area contributed by atoms with E-state index < -0.39 is 34.5 Å². The van der Waals surface area contributed by atoms with E-state index in [-0.39, 0.29) is 4.90 Å². The molecular weight excluding hydrogens is 448 g/mol. The first-order chi connectivity index (χ1) is 15.8. The van der Waals surface area contributed by atoms with Gasteiger partial charge in [0.25, 0.3) is 5.91 Å². The summed E-state index contributed by atoms with van der Waals surface area (Å²) in [4.78, 5) is 24.5. The maximum absolute atomic E-state index is 12.5. The quantitative estimate of drug-likeness (QED) is 0.509. The topological polar surface area (TPSA) is 120 Å². The lowest BCUT2D eigenvalue weighted by molar-refractivity contribution is -0.151. The number of hydrogen-bond donors (Lipinski definition) is 2. The second-order valence-electron chi connectivity index (χ2n) is 7.31. The number of benzene rings is 3. The zero-order valence-corrected chi connectivity index (χ0v) is 18.6. The number of rotatable bonds is 7. The normalized spacial score (nSPS) is 13.8. The lowest BCUT2D eigenvalue weighted by Gasteiger charge is -2.19. The highest BCUT2D eigenvalue weighted by molar-refractivity contribution is 7.89. The fraction of sp³-hybridized carbons (Fsp3) is 0.217. The van der Waals surface area contributed by atoms with Crippen LogP contribution in [0.5, 0.6) is 11.5 Å². The smallest absolute Gasteiger partial charge is 0.321 e. The molecule has 0 aliphatic carbocycles. The molecule has 0 saturated carbocycles. The minimum absolute atomic E-state index is 0.0263. The first-order valence-corrected chi connectivity index (χ1v) is 11.7. The number of anilines is 1. The molecule has 0 radical (unpaired) electrons. The van der Waals surface area contributed by atoms with E-state index in [1.54, 1.807) is 36.4 Å². The molecular formula is C23H22N2O7S.